The standard InChI is InChI=1S/C22H17F2N5O/c23-19(24)21-28-18-7-2-1-6-17(18)20(29-21)26-13-14-4-3-5-16(12-14)27-22(30)15-8-10-25-11-9-15/h1-12,19H,13H2,(H,27,30)(H,26,28,29). The molecule has 2 aromatic heterocycles. The van der Waals surface area contributed by atoms with E-state index in [9.17, 15) is 13.6 Å². The summed E-state index contributed by atoms with van der Waals surface area (Å²) in [7, 11) is 0. The van der Waals surface area contributed by atoms with Crippen LogP contribution in [0.25, 0.3) is 10.9 Å². The summed E-state index contributed by atoms with van der Waals surface area (Å²) in [5.74, 6) is -0.428. The number of carbonyl (C=O) groups is 1. The molecule has 0 bridgehead atoms. The molecule has 2 N–H and O–H groups in total. The summed E-state index contributed by atoms with van der Waals surface area (Å²) >= 11 is 0. The highest BCUT2D eigenvalue weighted by Gasteiger charge is 2.15. The second kappa shape index (κ2) is 8.60. The van der Waals surface area contributed by atoms with Crippen molar-refractivity contribution in [3.63, 3.8) is 0 Å². The van der Waals surface area contributed by atoms with Gasteiger partial charge < -0.3 is 10.6 Å². The van der Waals surface area contributed by atoms with Crippen molar-refractivity contribution >= 4 is 28.3 Å². The molecule has 2 heterocycles. The van der Waals surface area contributed by atoms with Gasteiger partial charge in [0.05, 0.1) is 5.52 Å². The number of nitrogens with zero attached hydrogens (tertiary/aromatic N) is 3. The zero-order chi connectivity index (χ0) is 20.9. The maximum atomic E-state index is 13.2. The van der Waals surface area contributed by atoms with Gasteiger partial charge in [-0.3, -0.25) is 9.78 Å². The number of alkyl halides is 2. The lowest BCUT2D eigenvalue weighted by Crippen LogP contribution is -2.12. The number of pyridine rings is 1. The molecular weight excluding hydrogens is 388 g/mol. The lowest BCUT2D eigenvalue weighted by molar-refractivity contribution is 0.102. The third-order valence-corrected chi connectivity index (χ3v) is 4.40. The van der Waals surface area contributed by atoms with E-state index in [4.69, 9.17) is 0 Å². The third-order valence-electron chi connectivity index (χ3n) is 4.40. The molecule has 0 fully saturated rings. The Kier molecular flexibility index (Phi) is 5.56. The lowest BCUT2D eigenvalue weighted by atomic mass is 10.1. The molecule has 8 heteroatoms. The topological polar surface area (TPSA) is 79.8 Å². The van der Waals surface area contributed by atoms with Gasteiger partial charge in [-0.15, -0.1) is 0 Å². The van der Waals surface area contributed by atoms with Gasteiger partial charge in [0.25, 0.3) is 12.3 Å². The fourth-order valence-electron chi connectivity index (χ4n) is 2.98. The molecule has 150 valence electrons. The Bertz CT molecular complexity index is 1180. The van der Waals surface area contributed by atoms with E-state index in [2.05, 4.69) is 25.6 Å². The Balaban J connectivity index is 1.52. The molecule has 0 aliphatic heterocycles. The van der Waals surface area contributed by atoms with Crippen LogP contribution in [0.5, 0.6) is 0 Å². The SMILES string of the molecule is O=C(Nc1cccc(CNc2nc(C(F)F)nc3ccccc23)c1)c1ccncc1. The van der Waals surface area contributed by atoms with E-state index in [1.54, 1.807) is 54.9 Å². The summed E-state index contributed by atoms with van der Waals surface area (Å²) in [5.41, 5.74) is 2.42. The molecule has 0 aliphatic rings. The Morgan fingerprint density at radius 2 is 1.77 bits per heavy atom. The van der Waals surface area contributed by atoms with Crippen molar-refractivity contribution in [2.24, 2.45) is 0 Å². The van der Waals surface area contributed by atoms with Crippen molar-refractivity contribution in [3.8, 4) is 0 Å². The second-order valence-corrected chi connectivity index (χ2v) is 6.49. The normalized spacial score (nSPS) is 10.9. The predicted molar refractivity (Wildman–Crippen MR) is 110 cm³/mol. The average Bonchev–Trinajstić information content (AvgIpc) is 2.78. The predicted octanol–water partition coefficient (Wildman–Crippen LogP) is 4.83. The summed E-state index contributed by atoms with van der Waals surface area (Å²) in [6.07, 6.45) is 0.339. The van der Waals surface area contributed by atoms with Gasteiger partial charge in [-0.1, -0.05) is 24.3 Å². The highest BCUT2D eigenvalue weighted by molar-refractivity contribution is 6.04. The first-order valence-corrected chi connectivity index (χ1v) is 9.19. The first-order valence-electron chi connectivity index (χ1n) is 9.19. The first-order chi connectivity index (χ1) is 14.6. The number of fused-ring (bicyclic) bond motifs is 1. The van der Waals surface area contributed by atoms with Gasteiger partial charge in [0.15, 0.2) is 5.82 Å². The molecule has 0 saturated carbocycles. The van der Waals surface area contributed by atoms with E-state index in [0.29, 0.717) is 34.5 Å². The summed E-state index contributed by atoms with van der Waals surface area (Å²) in [6.45, 7) is 0.336. The number of aromatic nitrogens is 3. The number of anilines is 2. The molecule has 0 spiro atoms. The van der Waals surface area contributed by atoms with E-state index in [1.807, 2.05) is 18.2 Å². The lowest BCUT2D eigenvalue weighted by Gasteiger charge is -2.12. The molecule has 4 rings (SSSR count). The molecule has 4 aromatic rings. The Morgan fingerprint density at radius 3 is 2.57 bits per heavy atom. The smallest absolute Gasteiger partial charge is 0.297 e. The summed E-state index contributed by atoms with van der Waals surface area (Å²) in [4.78, 5) is 24.1. The molecule has 0 unspecified atom stereocenters. The first kappa shape index (κ1) is 19.4. The Hall–Kier alpha value is -3.94. The van der Waals surface area contributed by atoms with Crippen molar-refractivity contribution in [1.29, 1.82) is 0 Å². The largest absolute Gasteiger partial charge is 0.365 e. The third kappa shape index (κ3) is 4.38. The van der Waals surface area contributed by atoms with Crippen LogP contribution in [0.15, 0.2) is 73.1 Å². The number of rotatable bonds is 6. The van der Waals surface area contributed by atoms with E-state index < -0.39 is 12.2 Å². The number of para-hydroxylation sites is 1. The maximum Gasteiger partial charge on any atom is 0.297 e. The van der Waals surface area contributed by atoms with Crippen LogP contribution >= 0.6 is 0 Å². The second-order valence-electron chi connectivity index (χ2n) is 6.49. The minimum Gasteiger partial charge on any atom is -0.365 e. The van der Waals surface area contributed by atoms with Crippen LogP contribution in [0.1, 0.15) is 28.2 Å². The molecule has 0 saturated heterocycles. The van der Waals surface area contributed by atoms with Crippen LogP contribution in [0, 0.1) is 0 Å². The zero-order valence-electron chi connectivity index (χ0n) is 15.7. The van der Waals surface area contributed by atoms with Crippen molar-refractivity contribution in [3.05, 3.63) is 90.0 Å². The summed E-state index contributed by atoms with van der Waals surface area (Å²) in [5, 5.41) is 6.59. The molecule has 1 amide bonds. The molecule has 30 heavy (non-hydrogen) atoms. The molecule has 6 nitrogen and oxygen atoms in total. The van der Waals surface area contributed by atoms with Crippen molar-refractivity contribution < 1.29 is 13.6 Å². The fourth-order valence-corrected chi connectivity index (χ4v) is 2.98. The van der Waals surface area contributed by atoms with Gasteiger partial charge in [-0.25, -0.2) is 18.7 Å². The van der Waals surface area contributed by atoms with Gasteiger partial charge in [-0.05, 0) is 42.0 Å². The van der Waals surface area contributed by atoms with Crippen LogP contribution in [-0.4, -0.2) is 20.9 Å². The fraction of sp³-hybridized carbons (Fsp3) is 0.0909. The molecule has 0 atom stereocenters. The van der Waals surface area contributed by atoms with Crippen molar-refractivity contribution in [2.75, 3.05) is 10.6 Å². The van der Waals surface area contributed by atoms with Gasteiger partial charge >= 0.3 is 0 Å². The zero-order valence-corrected chi connectivity index (χ0v) is 15.7. The van der Waals surface area contributed by atoms with Crippen LogP contribution in [0.4, 0.5) is 20.3 Å². The monoisotopic (exact) mass is 405 g/mol. The highest BCUT2D eigenvalue weighted by atomic mass is 19.3. The number of amides is 1. The number of nitrogens with one attached hydrogen (secondary N) is 2. The van der Waals surface area contributed by atoms with Crippen LogP contribution in [-0.2, 0) is 6.54 Å². The van der Waals surface area contributed by atoms with Crippen LogP contribution in [0.2, 0.25) is 0 Å². The van der Waals surface area contributed by atoms with Crippen LogP contribution in [0.3, 0.4) is 0 Å². The minimum absolute atomic E-state index is 0.245. The number of hydrogen-bond donors (Lipinski definition) is 2. The maximum absolute atomic E-state index is 13.2. The highest BCUT2D eigenvalue weighted by Crippen LogP contribution is 2.25. The molecule has 0 aliphatic carbocycles. The summed E-state index contributed by atoms with van der Waals surface area (Å²) in [6, 6.07) is 17.5. The van der Waals surface area contributed by atoms with Gasteiger partial charge in [0.2, 0.25) is 0 Å². The van der Waals surface area contributed by atoms with Crippen molar-refractivity contribution in [1.82, 2.24) is 15.0 Å². The van der Waals surface area contributed by atoms with E-state index in [0.717, 1.165) is 5.56 Å². The quantitative estimate of drug-likeness (QED) is 0.480. The van der Waals surface area contributed by atoms with Crippen molar-refractivity contribution in [2.45, 2.75) is 13.0 Å². The molecule has 2 aromatic carbocycles. The van der Waals surface area contributed by atoms with E-state index in [1.165, 1.54) is 0 Å². The minimum atomic E-state index is -2.76. The molecular formula is C22H17F2N5O. The number of hydrogen-bond acceptors (Lipinski definition) is 5. The van der Waals surface area contributed by atoms with Gasteiger partial charge in [-0.2, -0.15) is 0 Å². The van der Waals surface area contributed by atoms with E-state index >= 15 is 0 Å². The Morgan fingerprint density at radius 1 is 0.967 bits per heavy atom. The van der Waals surface area contributed by atoms with Crippen LogP contribution < -0.4 is 10.6 Å². The average molecular weight is 405 g/mol. The van der Waals surface area contributed by atoms with Gasteiger partial charge in [0.1, 0.15) is 5.82 Å². The van der Waals surface area contributed by atoms with Gasteiger partial charge in [0, 0.05) is 35.6 Å². The number of carbonyl (C=O) groups excluding carboxylic acids is 1. The summed E-state index contributed by atoms with van der Waals surface area (Å²) < 4.78 is 26.3. The molecule has 0 radical (unpaired) electrons. The number of benzene rings is 2. The Labute approximate surface area is 171 Å². The number of halogens is 2. The van der Waals surface area contributed by atoms with E-state index in [-0.39, 0.29) is 5.91 Å².